The van der Waals surface area contributed by atoms with Crippen LogP contribution in [-0.2, 0) is 4.79 Å². The molecule has 4 rings (SSSR count). The Bertz CT molecular complexity index is 1530. The Balaban J connectivity index is 1.64. The first-order valence-corrected chi connectivity index (χ1v) is 12.3. The fourth-order valence-corrected chi connectivity index (χ4v) is 4.87. The van der Waals surface area contributed by atoms with Crippen molar-refractivity contribution in [3.05, 3.63) is 96.1 Å². The van der Waals surface area contributed by atoms with E-state index in [2.05, 4.69) is 0 Å². The maximum Gasteiger partial charge on any atom is 0.318 e. The van der Waals surface area contributed by atoms with Gasteiger partial charge in [0.15, 0.2) is 15.8 Å². The molecule has 0 saturated carbocycles. The molecule has 14 heteroatoms. The van der Waals surface area contributed by atoms with E-state index in [1.807, 2.05) is 0 Å². The summed E-state index contributed by atoms with van der Waals surface area (Å²) < 4.78 is 25.1. The minimum Gasteiger partial charge on any atom is -0.490 e. The summed E-state index contributed by atoms with van der Waals surface area (Å²) in [6, 6.07) is 11.5. The number of benzene rings is 3. The molecule has 0 aromatic heterocycles. The fraction of sp³-hybridized carbons (Fsp3) is 0.0833. The zero-order valence-corrected chi connectivity index (χ0v) is 21.6. The quantitative estimate of drug-likeness (QED) is 0.122. The van der Waals surface area contributed by atoms with Crippen LogP contribution in [-0.4, -0.2) is 26.7 Å². The van der Waals surface area contributed by atoms with Gasteiger partial charge in [0.25, 0.3) is 11.6 Å². The lowest BCUT2D eigenvalue weighted by atomic mass is 10.1. The summed E-state index contributed by atoms with van der Waals surface area (Å²) in [5, 5.41) is 22.3. The molecule has 1 saturated heterocycles. The molecule has 0 unspecified atom stereocenters. The largest absolute Gasteiger partial charge is 0.490 e. The molecule has 0 N–H and O–H groups in total. The molecular formula is C24H15ClFN3O7S2. The number of amides is 1. The Morgan fingerprint density at radius 2 is 1.79 bits per heavy atom. The summed E-state index contributed by atoms with van der Waals surface area (Å²) in [5.41, 5.74) is -0.178. The van der Waals surface area contributed by atoms with Gasteiger partial charge in [-0.05, 0) is 55.0 Å². The van der Waals surface area contributed by atoms with Crippen LogP contribution in [0.1, 0.15) is 12.5 Å². The van der Waals surface area contributed by atoms with Gasteiger partial charge < -0.3 is 9.47 Å². The zero-order valence-electron chi connectivity index (χ0n) is 19.3. The number of rotatable bonds is 8. The average molecular weight is 576 g/mol. The maximum absolute atomic E-state index is 13.6. The zero-order chi connectivity index (χ0) is 27.6. The first kappa shape index (κ1) is 27.0. The molecule has 0 radical (unpaired) electrons. The molecular weight excluding hydrogens is 561 g/mol. The van der Waals surface area contributed by atoms with Crippen LogP contribution in [0, 0.1) is 26.0 Å². The van der Waals surface area contributed by atoms with Crippen LogP contribution in [0.4, 0.5) is 21.5 Å². The van der Waals surface area contributed by atoms with E-state index in [9.17, 15) is 29.4 Å². The summed E-state index contributed by atoms with van der Waals surface area (Å²) in [6.45, 7) is 1.96. The van der Waals surface area contributed by atoms with Crippen LogP contribution >= 0.6 is 35.6 Å². The first-order valence-electron chi connectivity index (χ1n) is 10.7. The molecule has 1 heterocycles. The van der Waals surface area contributed by atoms with E-state index < -0.39 is 32.9 Å². The third-order valence-electron chi connectivity index (χ3n) is 5.09. The van der Waals surface area contributed by atoms with Crippen molar-refractivity contribution in [1.29, 1.82) is 0 Å². The molecule has 194 valence electrons. The monoisotopic (exact) mass is 575 g/mol. The van der Waals surface area contributed by atoms with Crippen molar-refractivity contribution in [1.82, 2.24) is 0 Å². The number of carbonyl (C=O) groups excluding carboxylic acids is 1. The van der Waals surface area contributed by atoms with Gasteiger partial charge in [0.05, 0.1) is 38.1 Å². The number of hydrogen-bond acceptors (Lipinski definition) is 9. The molecule has 10 nitrogen and oxygen atoms in total. The van der Waals surface area contributed by atoms with Crippen molar-refractivity contribution in [2.24, 2.45) is 0 Å². The van der Waals surface area contributed by atoms with Gasteiger partial charge in [0.1, 0.15) is 5.82 Å². The van der Waals surface area contributed by atoms with Crippen molar-refractivity contribution in [3.63, 3.8) is 0 Å². The topological polar surface area (TPSA) is 125 Å². The van der Waals surface area contributed by atoms with E-state index in [0.29, 0.717) is 11.3 Å². The van der Waals surface area contributed by atoms with Crippen molar-refractivity contribution in [2.75, 3.05) is 11.5 Å². The second-order valence-electron chi connectivity index (χ2n) is 7.52. The molecule has 1 amide bonds. The Morgan fingerprint density at radius 3 is 2.45 bits per heavy atom. The van der Waals surface area contributed by atoms with Crippen molar-refractivity contribution in [3.8, 4) is 17.2 Å². The first-order chi connectivity index (χ1) is 18.1. The van der Waals surface area contributed by atoms with Crippen molar-refractivity contribution in [2.45, 2.75) is 6.92 Å². The second-order valence-corrected chi connectivity index (χ2v) is 9.61. The van der Waals surface area contributed by atoms with Gasteiger partial charge in [-0.15, -0.1) is 0 Å². The van der Waals surface area contributed by atoms with Gasteiger partial charge in [-0.2, -0.15) is 0 Å². The predicted octanol–water partition coefficient (Wildman–Crippen LogP) is 6.89. The SMILES string of the molecule is CCOc1cc(/C=C2/SC(=S)N(c3ccc(F)c(Cl)c3)C2=O)ccc1Oc1ccc([N+](=O)[O-])cc1[N+](=O)[O-]. The highest BCUT2D eigenvalue weighted by atomic mass is 35.5. The fourth-order valence-electron chi connectivity index (χ4n) is 3.40. The minimum absolute atomic E-state index is 0.120. The highest BCUT2D eigenvalue weighted by Crippen LogP contribution is 2.41. The lowest BCUT2D eigenvalue weighted by molar-refractivity contribution is -0.394. The van der Waals surface area contributed by atoms with Gasteiger partial charge in [-0.25, -0.2) is 4.39 Å². The number of carbonyl (C=O) groups is 1. The van der Waals surface area contributed by atoms with Crippen LogP contribution in [0.3, 0.4) is 0 Å². The molecule has 0 atom stereocenters. The van der Waals surface area contributed by atoms with Crippen LogP contribution < -0.4 is 14.4 Å². The minimum atomic E-state index is -0.784. The summed E-state index contributed by atoms with van der Waals surface area (Å²) in [6.07, 6.45) is 1.57. The number of anilines is 1. The summed E-state index contributed by atoms with van der Waals surface area (Å²) >= 11 is 12.2. The van der Waals surface area contributed by atoms with E-state index in [1.54, 1.807) is 25.1 Å². The van der Waals surface area contributed by atoms with Crippen LogP contribution in [0.2, 0.25) is 5.02 Å². The number of hydrogen-bond donors (Lipinski definition) is 0. The van der Waals surface area contributed by atoms with Gasteiger partial charge >= 0.3 is 5.69 Å². The van der Waals surface area contributed by atoms with E-state index in [4.69, 9.17) is 33.3 Å². The summed E-state index contributed by atoms with van der Waals surface area (Å²) in [7, 11) is 0. The van der Waals surface area contributed by atoms with Crippen molar-refractivity contribution < 1.29 is 28.5 Å². The average Bonchev–Trinajstić information content (AvgIpc) is 3.15. The van der Waals surface area contributed by atoms with Crippen molar-refractivity contribution >= 4 is 68.9 Å². The number of thioether (sulfide) groups is 1. The summed E-state index contributed by atoms with van der Waals surface area (Å²) in [5.74, 6) is -0.930. The number of non-ortho nitro benzene ring substituents is 1. The highest BCUT2D eigenvalue weighted by Gasteiger charge is 2.33. The Morgan fingerprint density at radius 1 is 1.05 bits per heavy atom. The highest BCUT2D eigenvalue weighted by molar-refractivity contribution is 8.27. The molecule has 1 aliphatic rings. The predicted molar refractivity (Wildman–Crippen MR) is 144 cm³/mol. The molecule has 0 aliphatic carbocycles. The molecule has 0 spiro atoms. The number of nitro benzene ring substituents is 2. The van der Waals surface area contributed by atoms with E-state index in [1.165, 1.54) is 23.1 Å². The van der Waals surface area contributed by atoms with Crippen LogP contribution in [0.5, 0.6) is 17.2 Å². The lowest BCUT2D eigenvalue weighted by Gasteiger charge is -2.15. The number of nitrogens with zero attached hydrogens (tertiary/aromatic N) is 3. The third-order valence-corrected chi connectivity index (χ3v) is 6.68. The van der Waals surface area contributed by atoms with E-state index >= 15 is 0 Å². The third kappa shape index (κ3) is 5.59. The van der Waals surface area contributed by atoms with E-state index in [-0.39, 0.29) is 38.1 Å². The van der Waals surface area contributed by atoms with Gasteiger partial charge in [0, 0.05) is 6.07 Å². The molecule has 3 aromatic carbocycles. The molecule has 3 aromatic rings. The Labute approximate surface area is 228 Å². The Kier molecular flexibility index (Phi) is 7.90. The van der Waals surface area contributed by atoms with Gasteiger partial charge in [-0.1, -0.05) is 41.6 Å². The maximum atomic E-state index is 13.6. The smallest absolute Gasteiger partial charge is 0.318 e. The number of halogens is 2. The standard InChI is InChI=1S/C24H15ClFN3O7S2/c1-2-35-21-9-13(3-7-20(21)36-19-8-5-15(28(31)32)12-18(19)29(33)34)10-22-23(30)27(24(37)38-22)14-4-6-17(26)16(25)11-14/h3-12H,2H2,1H3/b22-10+. The normalized spacial score (nSPS) is 14.2. The van der Waals surface area contributed by atoms with E-state index in [0.717, 1.165) is 36.0 Å². The number of thiocarbonyl (C=S) groups is 1. The summed E-state index contributed by atoms with van der Waals surface area (Å²) in [4.78, 5) is 35.5. The van der Waals surface area contributed by atoms with Crippen LogP contribution in [0.15, 0.2) is 59.5 Å². The number of nitro groups is 2. The molecule has 1 fully saturated rings. The van der Waals surface area contributed by atoms with Crippen LogP contribution in [0.25, 0.3) is 6.08 Å². The number of ether oxygens (including phenoxy) is 2. The Hall–Kier alpha value is -4.07. The molecule has 0 bridgehead atoms. The lowest BCUT2D eigenvalue weighted by Crippen LogP contribution is -2.27. The van der Waals surface area contributed by atoms with Gasteiger partial charge in [0.2, 0.25) is 5.75 Å². The molecule has 38 heavy (non-hydrogen) atoms. The molecule has 1 aliphatic heterocycles. The van der Waals surface area contributed by atoms with Gasteiger partial charge in [-0.3, -0.25) is 29.9 Å². The second kappa shape index (κ2) is 11.1.